The second kappa shape index (κ2) is 11.6. The highest BCUT2D eigenvalue weighted by molar-refractivity contribution is 8.01. The summed E-state index contributed by atoms with van der Waals surface area (Å²) in [4.78, 5) is 58.5. The monoisotopic (exact) mass is 554 g/mol. The van der Waals surface area contributed by atoms with Crippen molar-refractivity contribution in [2.24, 2.45) is 0 Å². The van der Waals surface area contributed by atoms with Crippen molar-refractivity contribution in [1.82, 2.24) is 14.8 Å². The van der Waals surface area contributed by atoms with Crippen molar-refractivity contribution in [2.75, 3.05) is 44.1 Å². The van der Waals surface area contributed by atoms with E-state index in [9.17, 15) is 24.5 Å². The van der Waals surface area contributed by atoms with Crippen molar-refractivity contribution in [2.45, 2.75) is 22.4 Å². The third kappa shape index (κ3) is 6.29. The highest BCUT2D eigenvalue weighted by Crippen LogP contribution is 2.36. The largest absolute Gasteiger partial charge is 0.378 e. The van der Waals surface area contributed by atoms with Gasteiger partial charge in [-0.3, -0.25) is 29.8 Å². The number of aromatic nitrogens is 1. The predicted molar refractivity (Wildman–Crippen MR) is 146 cm³/mol. The molecule has 0 atom stereocenters. The molecular formula is C25H26N6O5S2. The molecule has 1 aliphatic rings. The molecule has 0 spiro atoms. The number of carbonyl (C=O) groups is 3. The third-order valence-electron chi connectivity index (χ3n) is 5.89. The van der Waals surface area contributed by atoms with Crippen molar-refractivity contribution >= 4 is 57.3 Å². The highest BCUT2D eigenvalue weighted by atomic mass is 32.2. The summed E-state index contributed by atoms with van der Waals surface area (Å²) in [7, 11) is 3.84. The van der Waals surface area contributed by atoms with Gasteiger partial charge in [-0.05, 0) is 42.8 Å². The van der Waals surface area contributed by atoms with Gasteiger partial charge in [0.05, 0.1) is 22.0 Å². The summed E-state index contributed by atoms with van der Waals surface area (Å²) >= 11 is 2.54. The lowest BCUT2D eigenvalue weighted by atomic mass is 10.1. The average Bonchev–Trinajstić information content (AvgIpc) is 3.34. The van der Waals surface area contributed by atoms with Gasteiger partial charge in [-0.15, -0.1) is 0 Å². The van der Waals surface area contributed by atoms with Crippen LogP contribution in [0.5, 0.6) is 0 Å². The third-order valence-corrected chi connectivity index (χ3v) is 7.90. The molecule has 0 aliphatic carbocycles. The Bertz CT molecular complexity index is 1370. The highest BCUT2D eigenvalue weighted by Gasteiger charge is 2.29. The first kappa shape index (κ1) is 27.1. The van der Waals surface area contributed by atoms with Gasteiger partial charge in [0, 0.05) is 56.3 Å². The Balaban J connectivity index is 1.48. The topological polar surface area (TPSA) is 129 Å². The van der Waals surface area contributed by atoms with Gasteiger partial charge in [0.2, 0.25) is 5.91 Å². The van der Waals surface area contributed by atoms with Crippen LogP contribution in [0, 0.1) is 10.1 Å². The number of carbonyl (C=O) groups excluding carboxylic acids is 3. The molecule has 1 aliphatic heterocycles. The summed E-state index contributed by atoms with van der Waals surface area (Å²) in [5, 5.41) is 14.8. The lowest BCUT2D eigenvalue weighted by molar-refractivity contribution is -0.385. The van der Waals surface area contributed by atoms with Crippen LogP contribution in [0.4, 0.5) is 16.5 Å². The molecule has 2 aromatic carbocycles. The van der Waals surface area contributed by atoms with Crippen molar-refractivity contribution in [3.63, 3.8) is 0 Å². The molecule has 13 heteroatoms. The molecule has 0 radical (unpaired) electrons. The van der Waals surface area contributed by atoms with E-state index in [1.807, 2.05) is 31.1 Å². The number of anilines is 2. The Kier molecular flexibility index (Phi) is 8.27. The van der Waals surface area contributed by atoms with Crippen LogP contribution in [0.3, 0.4) is 0 Å². The van der Waals surface area contributed by atoms with Gasteiger partial charge in [0.15, 0.2) is 5.13 Å². The molecule has 0 unspecified atom stereocenters. The van der Waals surface area contributed by atoms with Crippen LogP contribution in [0.15, 0.2) is 57.8 Å². The number of hydrogen-bond acceptors (Lipinski definition) is 9. The first-order valence-electron chi connectivity index (χ1n) is 11.7. The number of rotatable bonds is 7. The molecule has 1 aromatic heterocycles. The first-order chi connectivity index (χ1) is 18.1. The van der Waals surface area contributed by atoms with E-state index in [0.29, 0.717) is 35.1 Å². The van der Waals surface area contributed by atoms with Crippen LogP contribution >= 0.6 is 23.1 Å². The maximum Gasteiger partial charge on any atom is 0.282 e. The molecule has 0 bridgehead atoms. The van der Waals surface area contributed by atoms with Gasteiger partial charge in [-0.1, -0.05) is 23.1 Å². The summed E-state index contributed by atoms with van der Waals surface area (Å²) in [5.41, 5.74) is 1.15. The molecule has 11 nitrogen and oxygen atoms in total. The minimum absolute atomic E-state index is 0.0374. The van der Waals surface area contributed by atoms with Gasteiger partial charge in [0.25, 0.3) is 17.5 Å². The van der Waals surface area contributed by atoms with E-state index in [1.165, 1.54) is 52.0 Å². The Hall–Kier alpha value is -3.97. The predicted octanol–water partition coefficient (Wildman–Crippen LogP) is 4.17. The maximum atomic E-state index is 13.2. The lowest BCUT2D eigenvalue weighted by Crippen LogP contribution is -2.49. The molecule has 2 heterocycles. The quantitative estimate of drug-likeness (QED) is 0.340. The van der Waals surface area contributed by atoms with Gasteiger partial charge in [-0.25, -0.2) is 4.98 Å². The zero-order valence-corrected chi connectivity index (χ0v) is 22.7. The van der Waals surface area contributed by atoms with Crippen molar-refractivity contribution in [3.8, 4) is 0 Å². The number of nitrogens with one attached hydrogen (secondary N) is 1. The summed E-state index contributed by atoms with van der Waals surface area (Å²) < 4.78 is 0.733. The van der Waals surface area contributed by atoms with E-state index in [1.54, 1.807) is 24.4 Å². The summed E-state index contributed by atoms with van der Waals surface area (Å²) in [6.45, 7) is 2.48. The van der Waals surface area contributed by atoms with Crippen LogP contribution in [-0.4, -0.2) is 71.3 Å². The molecule has 198 valence electrons. The number of amides is 3. The SMILES string of the molecule is CC(=O)N1CCCN(C(=O)c2cc(Sc3cnc(NC(=O)c4ccc(N(C)C)cc4)s3)ccc2[N+](=O)[O-])C1. The number of thiazole rings is 1. The first-order valence-corrected chi connectivity index (χ1v) is 13.3. The smallest absolute Gasteiger partial charge is 0.282 e. The van der Waals surface area contributed by atoms with Crippen LogP contribution in [0.25, 0.3) is 0 Å². The molecule has 3 aromatic rings. The summed E-state index contributed by atoms with van der Waals surface area (Å²) in [5.74, 6) is -0.937. The summed E-state index contributed by atoms with van der Waals surface area (Å²) in [6.07, 6.45) is 2.20. The van der Waals surface area contributed by atoms with Crippen molar-refractivity contribution < 1.29 is 19.3 Å². The number of nitro groups is 1. The second-order valence-electron chi connectivity index (χ2n) is 8.76. The number of hydrogen-bond donors (Lipinski definition) is 1. The molecule has 0 saturated carbocycles. The normalized spacial score (nSPS) is 13.2. The fraction of sp³-hybridized carbons (Fsp3) is 0.280. The average molecular weight is 555 g/mol. The Morgan fingerprint density at radius 3 is 2.47 bits per heavy atom. The minimum Gasteiger partial charge on any atom is -0.378 e. The molecule has 1 N–H and O–H groups in total. The van der Waals surface area contributed by atoms with Gasteiger partial charge >= 0.3 is 0 Å². The number of nitro benzene ring substituents is 1. The van der Waals surface area contributed by atoms with Crippen LogP contribution in [0.2, 0.25) is 0 Å². The molecule has 1 saturated heterocycles. The Morgan fingerprint density at radius 2 is 1.82 bits per heavy atom. The molecule has 1 fully saturated rings. The van der Waals surface area contributed by atoms with Gasteiger partial charge < -0.3 is 14.7 Å². The van der Waals surface area contributed by atoms with Gasteiger partial charge in [-0.2, -0.15) is 0 Å². The second-order valence-corrected chi connectivity index (χ2v) is 11.2. The number of benzene rings is 2. The summed E-state index contributed by atoms with van der Waals surface area (Å²) in [6, 6.07) is 11.6. The van der Waals surface area contributed by atoms with Crippen LogP contribution < -0.4 is 10.2 Å². The molecule has 3 amide bonds. The van der Waals surface area contributed by atoms with Crippen LogP contribution in [-0.2, 0) is 4.79 Å². The van der Waals surface area contributed by atoms with E-state index in [2.05, 4.69) is 10.3 Å². The van der Waals surface area contributed by atoms with E-state index < -0.39 is 10.8 Å². The lowest BCUT2D eigenvalue weighted by Gasteiger charge is -2.35. The zero-order chi connectivity index (χ0) is 27.4. The van der Waals surface area contributed by atoms with E-state index in [-0.39, 0.29) is 29.7 Å². The van der Waals surface area contributed by atoms with Gasteiger partial charge in [0.1, 0.15) is 5.56 Å². The van der Waals surface area contributed by atoms with Crippen molar-refractivity contribution in [3.05, 3.63) is 69.9 Å². The van der Waals surface area contributed by atoms with Crippen molar-refractivity contribution in [1.29, 1.82) is 0 Å². The number of nitrogens with zero attached hydrogens (tertiary/aromatic N) is 5. The fourth-order valence-corrected chi connectivity index (χ4v) is 5.75. The molecular weight excluding hydrogens is 528 g/mol. The molecule has 38 heavy (non-hydrogen) atoms. The fourth-order valence-electron chi connectivity index (χ4n) is 3.86. The standard InChI is InChI=1S/C25H26N6O5S2/c1-16(32)29-11-4-12-30(15-29)24(34)20-13-19(9-10-21(20)31(35)36)37-22-14-26-25(38-22)27-23(33)17-5-7-18(8-6-17)28(2)3/h5-10,13-14H,4,11-12,15H2,1-3H3,(H,26,27,33). The van der Waals surface area contributed by atoms with E-state index in [0.717, 1.165) is 9.90 Å². The zero-order valence-electron chi connectivity index (χ0n) is 21.0. The maximum absolute atomic E-state index is 13.2. The Morgan fingerprint density at radius 1 is 1.11 bits per heavy atom. The van der Waals surface area contributed by atoms with Crippen LogP contribution in [0.1, 0.15) is 34.1 Å². The van der Waals surface area contributed by atoms with E-state index >= 15 is 0 Å². The Labute approximate surface area is 227 Å². The minimum atomic E-state index is -0.584. The van der Waals surface area contributed by atoms with E-state index in [4.69, 9.17) is 0 Å². The molecule has 4 rings (SSSR count).